The Morgan fingerprint density at radius 1 is 1.17 bits per heavy atom. The van der Waals surface area contributed by atoms with Crippen LogP contribution in [0.4, 0.5) is 0 Å². The Labute approximate surface area is 134 Å². The van der Waals surface area contributed by atoms with Crippen molar-refractivity contribution >= 4 is 21.0 Å². The van der Waals surface area contributed by atoms with Crippen molar-refractivity contribution in [3.8, 4) is 0 Å². The number of rotatable bonds is 2. The molecule has 2 unspecified atom stereocenters. The summed E-state index contributed by atoms with van der Waals surface area (Å²) in [4.78, 5) is 11.5. The van der Waals surface area contributed by atoms with Crippen molar-refractivity contribution in [1.29, 1.82) is 0 Å². The Balaban J connectivity index is 1.68. The lowest BCUT2D eigenvalue weighted by Crippen LogP contribution is -2.46. The predicted octanol–water partition coefficient (Wildman–Crippen LogP) is 1.17. The lowest BCUT2D eigenvalue weighted by atomic mass is 9.95. The van der Waals surface area contributed by atoms with Crippen molar-refractivity contribution in [1.82, 2.24) is 9.62 Å². The van der Waals surface area contributed by atoms with Crippen LogP contribution in [0, 0.1) is 5.92 Å². The van der Waals surface area contributed by atoms with Gasteiger partial charge >= 0.3 is 5.63 Å². The minimum absolute atomic E-state index is 0.253. The number of hydrogen-bond acceptors (Lipinski definition) is 5. The molecule has 0 saturated carbocycles. The van der Waals surface area contributed by atoms with Crippen molar-refractivity contribution in [3.05, 3.63) is 40.8 Å². The van der Waals surface area contributed by atoms with Crippen LogP contribution >= 0.6 is 0 Å². The lowest BCUT2D eigenvalue weighted by Gasteiger charge is -2.34. The lowest BCUT2D eigenvalue weighted by molar-refractivity contribution is 0.247. The summed E-state index contributed by atoms with van der Waals surface area (Å²) in [5, 5.41) is 4.05. The third kappa shape index (κ3) is 2.58. The van der Waals surface area contributed by atoms with E-state index in [0.717, 1.165) is 19.4 Å². The van der Waals surface area contributed by atoms with Crippen molar-refractivity contribution in [2.75, 3.05) is 19.6 Å². The minimum Gasteiger partial charge on any atom is -0.423 e. The van der Waals surface area contributed by atoms with Gasteiger partial charge in [0.15, 0.2) is 0 Å². The number of fused-ring (bicyclic) bond motifs is 2. The van der Waals surface area contributed by atoms with E-state index >= 15 is 0 Å². The van der Waals surface area contributed by atoms with E-state index in [-0.39, 0.29) is 4.90 Å². The fourth-order valence-corrected chi connectivity index (χ4v) is 5.14. The molecular weight excluding hydrogens is 316 g/mol. The summed E-state index contributed by atoms with van der Waals surface area (Å²) >= 11 is 0. The van der Waals surface area contributed by atoms with Crippen molar-refractivity contribution < 1.29 is 12.8 Å². The quantitative estimate of drug-likeness (QED) is 0.834. The maximum atomic E-state index is 12.9. The minimum atomic E-state index is -3.52. The molecule has 0 bridgehead atoms. The number of piperidine rings is 1. The van der Waals surface area contributed by atoms with Gasteiger partial charge in [0.1, 0.15) is 5.58 Å². The molecule has 3 heterocycles. The Kier molecular flexibility index (Phi) is 3.51. The molecule has 6 nitrogen and oxygen atoms in total. The van der Waals surface area contributed by atoms with Crippen molar-refractivity contribution in [3.63, 3.8) is 0 Å². The predicted molar refractivity (Wildman–Crippen MR) is 85.8 cm³/mol. The second-order valence-electron chi connectivity index (χ2n) is 6.22. The monoisotopic (exact) mass is 334 g/mol. The summed E-state index contributed by atoms with van der Waals surface area (Å²) < 4.78 is 32.4. The molecule has 2 fully saturated rings. The van der Waals surface area contributed by atoms with E-state index < -0.39 is 15.6 Å². The third-order valence-corrected chi connectivity index (χ3v) is 6.71. The van der Waals surface area contributed by atoms with Gasteiger partial charge in [-0.1, -0.05) is 0 Å². The molecule has 0 spiro atoms. The molecule has 2 aromatic rings. The van der Waals surface area contributed by atoms with Gasteiger partial charge in [0, 0.05) is 30.6 Å². The summed E-state index contributed by atoms with van der Waals surface area (Å²) in [5.74, 6) is 0.400. The molecule has 4 rings (SSSR count). The fourth-order valence-electron chi connectivity index (χ4n) is 3.59. The molecule has 122 valence electrons. The first kappa shape index (κ1) is 14.9. The third-order valence-electron chi connectivity index (χ3n) is 4.85. The molecule has 0 radical (unpaired) electrons. The number of nitrogens with zero attached hydrogens (tertiary/aromatic N) is 1. The molecular formula is C16H18N2O4S. The van der Waals surface area contributed by atoms with Gasteiger partial charge < -0.3 is 9.73 Å². The molecule has 0 aliphatic carbocycles. The van der Waals surface area contributed by atoms with E-state index in [9.17, 15) is 13.2 Å². The highest BCUT2D eigenvalue weighted by Crippen LogP contribution is 2.29. The highest BCUT2D eigenvalue weighted by Gasteiger charge is 2.37. The zero-order valence-electron chi connectivity index (χ0n) is 12.6. The Bertz CT molecular complexity index is 906. The Morgan fingerprint density at radius 3 is 2.91 bits per heavy atom. The first-order valence-corrected chi connectivity index (χ1v) is 9.25. The highest BCUT2D eigenvalue weighted by atomic mass is 32.2. The SMILES string of the molecule is O=c1ccc2cc(S(=O)(=O)N3CCC4NCCC4C3)ccc2o1. The Hall–Kier alpha value is -1.70. The second kappa shape index (κ2) is 5.43. The molecule has 7 heteroatoms. The van der Waals surface area contributed by atoms with Crippen LogP contribution in [0.15, 0.2) is 44.4 Å². The molecule has 2 atom stereocenters. The van der Waals surface area contributed by atoms with E-state index in [4.69, 9.17) is 4.42 Å². The largest absolute Gasteiger partial charge is 0.423 e. The van der Waals surface area contributed by atoms with Crippen LogP contribution in [0.5, 0.6) is 0 Å². The molecule has 1 aromatic heterocycles. The van der Waals surface area contributed by atoms with Gasteiger partial charge in [0.2, 0.25) is 10.0 Å². The standard InChI is InChI=1S/C16H18N2O4S/c19-16-4-1-11-9-13(2-3-15(11)22-16)23(20,21)18-8-6-14-12(10-18)5-7-17-14/h1-4,9,12,14,17H,5-8,10H2. The second-order valence-corrected chi connectivity index (χ2v) is 8.15. The maximum absolute atomic E-state index is 12.9. The van der Waals surface area contributed by atoms with Crippen LogP contribution in [-0.2, 0) is 10.0 Å². The average Bonchev–Trinajstić information content (AvgIpc) is 3.01. The normalized spacial score (nSPS) is 25.6. The number of nitrogens with one attached hydrogen (secondary N) is 1. The van der Waals surface area contributed by atoms with Gasteiger partial charge in [-0.25, -0.2) is 13.2 Å². The van der Waals surface area contributed by atoms with Gasteiger partial charge in [-0.2, -0.15) is 4.31 Å². The molecule has 23 heavy (non-hydrogen) atoms. The molecule has 2 aliphatic heterocycles. The highest BCUT2D eigenvalue weighted by molar-refractivity contribution is 7.89. The molecule has 2 saturated heterocycles. The zero-order valence-corrected chi connectivity index (χ0v) is 13.4. The fraction of sp³-hybridized carbons (Fsp3) is 0.438. The summed E-state index contributed by atoms with van der Waals surface area (Å²) in [5.41, 5.74) is -0.0425. The molecule has 0 amide bonds. The van der Waals surface area contributed by atoms with Crippen LogP contribution in [0.1, 0.15) is 12.8 Å². The van der Waals surface area contributed by atoms with Crippen LogP contribution in [-0.4, -0.2) is 38.4 Å². The first-order chi connectivity index (χ1) is 11.0. The van der Waals surface area contributed by atoms with Crippen molar-refractivity contribution in [2.45, 2.75) is 23.8 Å². The van der Waals surface area contributed by atoms with E-state index in [1.165, 1.54) is 12.1 Å². The van der Waals surface area contributed by atoms with Crippen molar-refractivity contribution in [2.24, 2.45) is 5.92 Å². The van der Waals surface area contributed by atoms with Crippen LogP contribution in [0.2, 0.25) is 0 Å². The van der Waals surface area contributed by atoms with E-state index in [0.29, 0.717) is 36.0 Å². The topological polar surface area (TPSA) is 79.6 Å². The van der Waals surface area contributed by atoms with Crippen LogP contribution < -0.4 is 10.9 Å². The van der Waals surface area contributed by atoms with Gasteiger partial charge in [-0.15, -0.1) is 0 Å². The van der Waals surface area contributed by atoms with Gasteiger partial charge in [0.25, 0.3) is 0 Å². The number of hydrogen-bond donors (Lipinski definition) is 1. The smallest absolute Gasteiger partial charge is 0.336 e. The van der Waals surface area contributed by atoms with Crippen LogP contribution in [0.25, 0.3) is 11.0 Å². The molecule has 1 aromatic carbocycles. The summed E-state index contributed by atoms with van der Waals surface area (Å²) in [6.45, 7) is 2.08. The van der Waals surface area contributed by atoms with E-state index in [1.807, 2.05) is 0 Å². The van der Waals surface area contributed by atoms with E-state index in [1.54, 1.807) is 22.5 Å². The Morgan fingerprint density at radius 2 is 2.04 bits per heavy atom. The zero-order chi connectivity index (χ0) is 16.0. The van der Waals surface area contributed by atoms with Gasteiger partial charge in [-0.05, 0) is 49.6 Å². The first-order valence-electron chi connectivity index (χ1n) is 7.81. The number of sulfonamides is 1. The summed E-state index contributed by atoms with van der Waals surface area (Å²) in [6, 6.07) is 7.98. The summed E-state index contributed by atoms with van der Waals surface area (Å²) in [6.07, 6.45) is 1.88. The molecule has 1 N–H and O–H groups in total. The van der Waals surface area contributed by atoms with Gasteiger partial charge in [-0.3, -0.25) is 0 Å². The average molecular weight is 334 g/mol. The number of benzene rings is 1. The van der Waals surface area contributed by atoms with Crippen LogP contribution in [0.3, 0.4) is 0 Å². The maximum Gasteiger partial charge on any atom is 0.336 e. The molecule has 2 aliphatic rings. The van der Waals surface area contributed by atoms with E-state index in [2.05, 4.69) is 5.32 Å². The van der Waals surface area contributed by atoms with Gasteiger partial charge in [0.05, 0.1) is 4.90 Å². The summed E-state index contributed by atoms with van der Waals surface area (Å²) in [7, 11) is -3.52.